The molecule has 3 heteroatoms. The fourth-order valence-electron chi connectivity index (χ4n) is 3.17. The summed E-state index contributed by atoms with van der Waals surface area (Å²) in [4.78, 5) is 14.9. The maximum atomic E-state index is 12.6. The molecule has 0 radical (unpaired) electrons. The van der Waals surface area contributed by atoms with E-state index in [1.807, 2.05) is 26.8 Å². The van der Waals surface area contributed by atoms with Crippen LogP contribution in [0, 0.1) is 26.7 Å². The Labute approximate surface area is 128 Å². The summed E-state index contributed by atoms with van der Waals surface area (Å²) in [5.41, 5.74) is 4.02. The average Bonchev–Trinajstić information content (AvgIpc) is 2.46. The molecule has 1 fully saturated rings. The van der Waals surface area contributed by atoms with Crippen LogP contribution in [0.1, 0.15) is 46.8 Å². The maximum absolute atomic E-state index is 12.6. The Hall–Kier alpha value is -1.35. The monoisotopic (exact) mass is 289 g/mol. The number of rotatable bonds is 4. The first-order chi connectivity index (χ1) is 9.93. The van der Waals surface area contributed by atoms with Crippen LogP contribution in [0.2, 0.25) is 0 Å². The van der Waals surface area contributed by atoms with Crippen LogP contribution < -0.4 is 4.74 Å². The van der Waals surface area contributed by atoms with Crippen LogP contribution >= 0.6 is 0 Å². The zero-order valence-corrected chi connectivity index (χ0v) is 14.0. The molecule has 21 heavy (non-hydrogen) atoms. The molecule has 0 saturated carbocycles. The van der Waals surface area contributed by atoms with E-state index in [9.17, 15) is 4.79 Å². The van der Waals surface area contributed by atoms with Crippen molar-refractivity contribution in [2.45, 2.75) is 40.5 Å². The molecule has 1 heterocycles. The molecule has 0 aliphatic carbocycles. The van der Waals surface area contributed by atoms with Crippen molar-refractivity contribution in [3.63, 3.8) is 0 Å². The third-order valence-corrected chi connectivity index (χ3v) is 4.77. The van der Waals surface area contributed by atoms with E-state index in [1.165, 1.54) is 12.8 Å². The molecule has 0 spiro atoms. The number of carbonyl (C=O) groups is 1. The Morgan fingerprint density at radius 3 is 2.43 bits per heavy atom. The summed E-state index contributed by atoms with van der Waals surface area (Å²) in [5, 5.41) is 0. The number of nitrogens with zero attached hydrogens (tertiary/aromatic N) is 1. The number of piperidine rings is 1. The maximum Gasteiger partial charge on any atom is 0.177 e. The van der Waals surface area contributed by atoms with Crippen molar-refractivity contribution in [2.75, 3.05) is 26.7 Å². The Bertz CT molecular complexity index is 529. The van der Waals surface area contributed by atoms with Crippen molar-refractivity contribution < 1.29 is 9.53 Å². The summed E-state index contributed by atoms with van der Waals surface area (Å²) in [6.45, 7) is 11.0. The minimum absolute atomic E-state index is 0.232. The first-order valence-corrected chi connectivity index (χ1v) is 7.84. The number of hydrogen-bond acceptors (Lipinski definition) is 3. The van der Waals surface area contributed by atoms with E-state index in [4.69, 9.17) is 4.74 Å². The van der Waals surface area contributed by atoms with Gasteiger partial charge < -0.3 is 4.74 Å². The van der Waals surface area contributed by atoms with Gasteiger partial charge in [-0.15, -0.1) is 0 Å². The highest BCUT2D eigenvalue weighted by atomic mass is 16.5. The normalized spacial score (nSPS) is 17.0. The SMILES string of the molecule is COc1c(C)cc(C(=O)CN2CCC(C)CC2)c(C)c1C. The highest BCUT2D eigenvalue weighted by Crippen LogP contribution is 2.29. The van der Waals surface area contributed by atoms with Crippen LogP contribution in [0.25, 0.3) is 0 Å². The molecule has 1 aliphatic heterocycles. The quantitative estimate of drug-likeness (QED) is 0.794. The smallest absolute Gasteiger partial charge is 0.177 e. The number of hydrogen-bond donors (Lipinski definition) is 0. The van der Waals surface area contributed by atoms with Crippen LogP contribution in [0.3, 0.4) is 0 Å². The second-order valence-electron chi connectivity index (χ2n) is 6.41. The highest BCUT2D eigenvalue weighted by Gasteiger charge is 2.21. The standard InChI is InChI=1S/C18H27NO2/c1-12-6-8-19(9-7-12)11-17(20)16-10-13(2)18(21-5)15(4)14(16)3/h10,12H,6-9,11H2,1-5H3. The van der Waals surface area contributed by atoms with E-state index < -0.39 is 0 Å². The van der Waals surface area contributed by atoms with Gasteiger partial charge in [0.1, 0.15) is 5.75 Å². The molecule has 1 aromatic rings. The van der Waals surface area contributed by atoms with Gasteiger partial charge in [-0.25, -0.2) is 0 Å². The van der Waals surface area contributed by atoms with Gasteiger partial charge in [-0.05, 0) is 75.4 Å². The van der Waals surface area contributed by atoms with Gasteiger partial charge in [0, 0.05) is 5.56 Å². The highest BCUT2D eigenvalue weighted by molar-refractivity contribution is 5.99. The summed E-state index contributed by atoms with van der Waals surface area (Å²) >= 11 is 0. The second kappa shape index (κ2) is 6.61. The molecule has 0 aromatic heterocycles. The summed E-state index contributed by atoms with van der Waals surface area (Å²) < 4.78 is 5.43. The number of benzene rings is 1. The summed E-state index contributed by atoms with van der Waals surface area (Å²) in [6, 6.07) is 1.98. The zero-order valence-electron chi connectivity index (χ0n) is 14.0. The van der Waals surface area contributed by atoms with Crippen LogP contribution in [0.5, 0.6) is 5.75 Å². The first kappa shape index (κ1) is 16.0. The van der Waals surface area contributed by atoms with Gasteiger partial charge in [-0.3, -0.25) is 9.69 Å². The van der Waals surface area contributed by atoms with Gasteiger partial charge in [-0.1, -0.05) is 6.92 Å². The fraction of sp³-hybridized carbons (Fsp3) is 0.611. The predicted molar refractivity (Wildman–Crippen MR) is 86.4 cm³/mol. The van der Waals surface area contributed by atoms with Crippen molar-refractivity contribution in [1.29, 1.82) is 0 Å². The minimum atomic E-state index is 0.232. The second-order valence-corrected chi connectivity index (χ2v) is 6.41. The van der Waals surface area contributed by atoms with Gasteiger partial charge in [-0.2, -0.15) is 0 Å². The van der Waals surface area contributed by atoms with Crippen molar-refractivity contribution in [2.24, 2.45) is 5.92 Å². The van der Waals surface area contributed by atoms with Gasteiger partial charge in [0.2, 0.25) is 0 Å². The molecule has 0 atom stereocenters. The molecule has 3 nitrogen and oxygen atoms in total. The number of ketones is 1. The third-order valence-electron chi connectivity index (χ3n) is 4.77. The topological polar surface area (TPSA) is 29.5 Å². The van der Waals surface area contributed by atoms with Crippen LogP contribution in [-0.4, -0.2) is 37.4 Å². The number of aryl methyl sites for hydroxylation is 1. The lowest BCUT2D eigenvalue weighted by atomic mass is 9.94. The van der Waals surface area contributed by atoms with Crippen molar-refractivity contribution in [3.05, 3.63) is 28.3 Å². The molecule has 1 aromatic carbocycles. The van der Waals surface area contributed by atoms with Crippen molar-refractivity contribution >= 4 is 5.78 Å². The van der Waals surface area contributed by atoms with E-state index in [2.05, 4.69) is 11.8 Å². The molecule has 1 aliphatic rings. The van der Waals surface area contributed by atoms with E-state index in [1.54, 1.807) is 7.11 Å². The number of likely N-dealkylation sites (tertiary alicyclic amines) is 1. The number of ether oxygens (including phenoxy) is 1. The number of Topliss-reactive ketones (excluding diaryl/α,β-unsaturated/α-hetero) is 1. The average molecular weight is 289 g/mol. The largest absolute Gasteiger partial charge is 0.496 e. The first-order valence-electron chi connectivity index (χ1n) is 7.84. The fourth-order valence-corrected chi connectivity index (χ4v) is 3.17. The van der Waals surface area contributed by atoms with Crippen molar-refractivity contribution in [1.82, 2.24) is 4.90 Å². The number of methoxy groups -OCH3 is 1. The summed E-state index contributed by atoms with van der Waals surface area (Å²) in [7, 11) is 1.69. The van der Waals surface area contributed by atoms with E-state index >= 15 is 0 Å². The zero-order chi connectivity index (χ0) is 15.6. The van der Waals surface area contributed by atoms with Gasteiger partial charge in [0.15, 0.2) is 5.78 Å². The van der Waals surface area contributed by atoms with E-state index in [-0.39, 0.29) is 5.78 Å². The Kier molecular flexibility index (Phi) is 5.04. The van der Waals surface area contributed by atoms with E-state index in [0.29, 0.717) is 6.54 Å². The Morgan fingerprint density at radius 2 is 1.86 bits per heavy atom. The molecule has 0 N–H and O–H groups in total. The molecule has 0 amide bonds. The van der Waals surface area contributed by atoms with Crippen LogP contribution in [0.4, 0.5) is 0 Å². The Balaban J connectivity index is 2.16. The van der Waals surface area contributed by atoms with Gasteiger partial charge in [0.25, 0.3) is 0 Å². The number of carbonyl (C=O) groups excluding carboxylic acids is 1. The predicted octanol–water partition coefficient (Wildman–Crippen LogP) is 3.54. The van der Waals surface area contributed by atoms with E-state index in [0.717, 1.165) is 47.0 Å². The lowest BCUT2D eigenvalue weighted by molar-refractivity contribution is 0.0899. The molecule has 0 unspecified atom stereocenters. The molecule has 1 saturated heterocycles. The van der Waals surface area contributed by atoms with Crippen LogP contribution in [0.15, 0.2) is 6.07 Å². The third kappa shape index (κ3) is 3.46. The van der Waals surface area contributed by atoms with Gasteiger partial charge >= 0.3 is 0 Å². The van der Waals surface area contributed by atoms with Gasteiger partial charge in [0.05, 0.1) is 13.7 Å². The minimum Gasteiger partial charge on any atom is -0.496 e. The molecular weight excluding hydrogens is 262 g/mol. The molecule has 0 bridgehead atoms. The summed E-state index contributed by atoms with van der Waals surface area (Å²) in [5.74, 6) is 1.93. The summed E-state index contributed by atoms with van der Waals surface area (Å²) in [6.07, 6.45) is 2.40. The lowest BCUT2D eigenvalue weighted by Crippen LogP contribution is -2.37. The van der Waals surface area contributed by atoms with Crippen LogP contribution in [-0.2, 0) is 0 Å². The Morgan fingerprint density at radius 1 is 1.24 bits per heavy atom. The molecular formula is C18H27NO2. The lowest BCUT2D eigenvalue weighted by Gasteiger charge is -2.29. The molecule has 2 rings (SSSR count). The molecule has 116 valence electrons. The van der Waals surface area contributed by atoms with Crippen molar-refractivity contribution in [3.8, 4) is 5.75 Å².